The molecule has 1 heterocycles. The summed E-state index contributed by atoms with van der Waals surface area (Å²) in [5.41, 5.74) is 1.89. The number of likely N-dealkylation sites (tertiary alicyclic amines) is 1. The van der Waals surface area contributed by atoms with Gasteiger partial charge in [-0.25, -0.2) is 4.79 Å². The zero-order valence-electron chi connectivity index (χ0n) is 11.4. The van der Waals surface area contributed by atoms with E-state index in [0.717, 1.165) is 43.0 Å². The van der Waals surface area contributed by atoms with E-state index in [2.05, 4.69) is 12.2 Å². The molecule has 19 heavy (non-hydrogen) atoms. The van der Waals surface area contributed by atoms with Crippen LogP contribution in [0.3, 0.4) is 0 Å². The lowest BCUT2D eigenvalue weighted by molar-refractivity contribution is 0.173. The molecule has 0 unspecified atom stereocenters. The lowest BCUT2D eigenvalue weighted by Crippen LogP contribution is -2.43. The van der Waals surface area contributed by atoms with E-state index in [1.165, 1.54) is 0 Å². The summed E-state index contributed by atoms with van der Waals surface area (Å²) in [4.78, 5) is 13.9. The maximum Gasteiger partial charge on any atom is 0.317 e. The number of carbonyl (C=O) groups is 1. The Labute approximate surface area is 114 Å². The summed E-state index contributed by atoms with van der Waals surface area (Å²) in [6.45, 7) is 4.48. The zero-order valence-corrected chi connectivity index (χ0v) is 11.4. The second-order valence-corrected chi connectivity index (χ2v) is 5.31. The molecular formula is C15H22N2O2. The first kappa shape index (κ1) is 13.9. The molecule has 0 aromatic heterocycles. The summed E-state index contributed by atoms with van der Waals surface area (Å²) in [5, 5.41) is 12.0. The molecule has 1 aromatic rings. The average molecular weight is 262 g/mol. The Bertz CT molecular complexity index is 426. The number of hydrogen-bond acceptors (Lipinski definition) is 2. The van der Waals surface area contributed by atoms with E-state index in [-0.39, 0.29) is 12.6 Å². The van der Waals surface area contributed by atoms with Gasteiger partial charge in [-0.2, -0.15) is 0 Å². The average Bonchev–Trinajstić information content (AvgIpc) is 2.46. The molecule has 0 spiro atoms. The molecule has 4 heteroatoms. The van der Waals surface area contributed by atoms with Crippen molar-refractivity contribution in [2.45, 2.75) is 32.9 Å². The van der Waals surface area contributed by atoms with Crippen LogP contribution in [0, 0.1) is 5.92 Å². The summed E-state index contributed by atoms with van der Waals surface area (Å²) in [7, 11) is 0. The second-order valence-electron chi connectivity index (χ2n) is 5.31. The molecule has 0 aliphatic carbocycles. The van der Waals surface area contributed by atoms with Gasteiger partial charge in [0.1, 0.15) is 0 Å². The van der Waals surface area contributed by atoms with Crippen molar-refractivity contribution < 1.29 is 9.90 Å². The van der Waals surface area contributed by atoms with Crippen LogP contribution in [-0.2, 0) is 13.2 Å². The van der Waals surface area contributed by atoms with Crippen LogP contribution in [0.1, 0.15) is 30.9 Å². The smallest absolute Gasteiger partial charge is 0.317 e. The number of piperidine rings is 1. The van der Waals surface area contributed by atoms with Crippen molar-refractivity contribution in [3.05, 3.63) is 35.4 Å². The minimum atomic E-state index is 0.0151. The van der Waals surface area contributed by atoms with Crippen LogP contribution in [0.5, 0.6) is 0 Å². The number of rotatable bonds is 3. The Kier molecular flexibility index (Phi) is 4.80. The number of urea groups is 1. The fraction of sp³-hybridized carbons (Fsp3) is 0.533. The number of aliphatic hydroxyl groups excluding tert-OH is 1. The van der Waals surface area contributed by atoms with Crippen molar-refractivity contribution in [1.29, 1.82) is 0 Å². The van der Waals surface area contributed by atoms with Crippen molar-refractivity contribution in [2.75, 3.05) is 13.1 Å². The molecule has 0 radical (unpaired) electrons. The lowest BCUT2D eigenvalue weighted by atomic mass is 10.00. The zero-order chi connectivity index (χ0) is 13.7. The van der Waals surface area contributed by atoms with Crippen LogP contribution in [-0.4, -0.2) is 29.1 Å². The highest BCUT2D eigenvalue weighted by molar-refractivity contribution is 5.74. The maximum absolute atomic E-state index is 12.0. The van der Waals surface area contributed by atoms with E-state index >= 15 is 0 Å². The largest absolute Gasteiger partial charge is 0.392 e. The Hall–Kier alpha value is -1.55. The maximum atomic E-state index is 12.0. The Balaban J connectivity index is 1.82. The SMILES string of the molecule is CC1CCN(C(=O)NCc2cccc(CO)c2)CC1. The summed E-state index contributed by atoms with van der Waals surface area (Å²) < 4.78 is 0. The first-order valence-corrected chi connectivity index (χ1v) is 6.90. The summed E-state index contributed by atoms with van der Waals surface area (Å²) in [5.74, 6) is 0.727. The molecule has 2 N–H and O–H groups in total. The van der Waals surface area contributed by atoms with Gasteiger partial charge in [-0.3, -0.25) is 0 Å². The lowest BCUT2D eigenvalue weighted by Gasteiger charge is -2.30. The van der Waals surface area contributed by atoms with Gasteiger partial charge < -0.3 is 15.3 Å². The highest BCUT2D eigenvalue weighted by atomic mass is 16.3. The Morgan fingerprint density at radius 2 is 2.05 bits per heavy atom. The quantitative estimate of drug-likeness (QED) is 0.876. The molecule has 1 aromatic carbocycles. The molecule has 4 nitrogen and oxygen atoms in total. The van der Waals surface area contributed by atoms with Gasteiger partial charge in [0.2, 0.25) is 0 Å². The number of hydrogen-bond donors (Lipinski definition) is 2. The van der Waals surface area contributed by atoms with Gasteiger partial charge in [-0.05, 0) is 29.9 Å². The van der Waals surface area contributed by atoms with Crippen molar-refractivity contribution in [1.82, 2.24) is 10.2 Å². The number of nitrogens with one attached hydrogen (secondary N) is 1. The van der Waals surface area contributed by atoms with Crippen LogP contribution in [0.4, 0.5) is 4.79 Å². The van der Waals surface area contributed by atoms with Crippen LogP contribution in [0.25, 0.3) is 0 Å². The van der Waals surface area contributed by atoms with Gasteiger partial charge in [-0.1, -0.05) is 31.2 Å². The summed E-state index contributed by atoms with van der Waals surface area (Å²) in [6, 6.07) is 7.66. The van der Waals surface area contributed by atoms with Crippen LogP contribution < -0.4 is 5.32 Å². The first-order valence-electron chi connectivity index (χ1n) is 6.90. The molecule has 0 saturated carbocycles. The number of carbonyl (C=O) groups excluding carboxylic acids is 1. The summed E-state index contributed by atoms with van der Waals surface area (Å²) in [6.07, 6.45) is 2.18. The van der Waals surface area contributed by atoms with Gasteiger partial charge in [0, 0.05) is 19.6 Å². The number of benzene rings is 1. The predicted molar refractivity (Wildman–Crippen MR) is 74.6 cm³/mol. The molecule has 1 saturated heterocycles. The summed E-state index contributed by atoms with van der Waals surface area (Å²) >= 11 is 0. The molecular weight excluding hydrogens is 240 g/mol. The molecule has 0 atom stereocenters. The molecule has 1 fully saturated rings. The van der Waals surface area contributed by atoms with Gasteiger partial charge in [0.15, 0.2) is 0 Å². The fourth-order valence-electron chi connectivity index (χ4n) is 2.34. The molecule has 104 valence electrons. The standard InChI is InChI=1S/C15H22N2O2/c1-12-5-7-17(8-6-12)15(19)16-10-13-3-2-4-14(9-13)11-18/h2-4,9,12,18H,5-8,10-11H2,1H3,(H,16,19). The van der Waals surface area contributed by atoms with E-state index < -0.39 is 0 Å². The Morgan fingerprint density at radius 1 is 1.37 bits per heavy atom. The highest BCUT2D eigenvalue weighted by Crippen LogP contribution is 2.15. The van der Waals surface area contributed by atoms with Gasteiger partial charge in [0.25, 0.3) is 0 Å². The third-order valence-corrected chi connectivity index (χ3v) is 3.69. The predicted octanol–water partition coefficient (Wildman–Crippen LogP) is 2.12. The third kappa shape index (κ3) is 3.96. The number of amides is 2. The molecule has 2 amide bonds. The first-order chi connectivity index (χ1) is 9.19. The van der Waals surface area contributed by atoms with Crippen LogP contribution in [0.2, 0.25) is 0 Å². The minimum absolute atomic E-state index is 0.0151. The van der Waals surface area contributed by atoms with Crippen molar-refractivity contribution in [3.63, 3.8) is 0 Å². The molecule has 1 aliphatic heterocycles. The highest BCUT2D eigenvalue weighted by Gasteiger charge is 2.19. The van der Waals surface area contributed by atoms with Gasteiger partial charge in [0.05, 0.1) is 6.61 Å². The second kappa shape index (κ2) is 6.57. The third-order valence-electron chi connectivity index (χ3n) is 3.69. The molecule has 0 bridgehead atoms. The number of aliphatic hydroxyl groups is 1. The van der Waals surface area contributed by atoms with Crippen LogP contribution in [0.15, 0.2) is 24.3 Å². The van der Waals surface area contributed by atoms with E-state index in [1.807, 2.05) is 29.2 Å². The van der Waals surface area contributed by atoms with Gasteiger partial charge in [-0.15, -0.1) is 0 Å². The van der Waals surface area contributed by atoms with Gasteiger partial charge >= 0.3 is 6.03 Å². The number of nitrogens with zero attached hydrogens (tertiary/aromatic N) is 1. The molecule has 1 aliphatic rings. The van der Waals surface area contributed by atoms with Crippen molar-refractivity contribution in [2.24, 2.45) is 5.92 Å². The van der Waals surface area contributed by atoms with E-state index in [0.29, 0.717) is 6.54 Å². The fourth-order valence-corrected chi connectivity index (χ4v) is 2.34. The molecule has 2 rings (SSSR count). The monoisotopic (exact) mass is 262 g/mol. The Morgan fingerprint density at radius 3 is 2.74 bits per heavy atom. The minimum Gasteiger partial charge on any atom is -0.392 e. The van der Waals surface area contributed by atoms with Crippen molar-refractivity contribution in [3.8, 4) is 0 Å². The van der Waals surface area contributed by atoms with E-state index in [4.69, 9.17) is 5.11 Å². The van der Waals surface area contributed by atoms with E-state index in [9.17, 15) is 4.79 Å². The van der Waals surface area contributed by atoms with Crippen LogP contribution >= 0.6 is 0 Å². The van der Waals surface area contributed by atoms with E-state index in [1.54, 1.807) is 0 Å². The topological polar surface area (TPSA) is 52.6 Å². The normalized spacial score (nSPS) is 16.4. The van der Waals surface area contributed by atoms with Crippen molar-refractivity contribution >= 4 is 6.03 Å².